The number of unbranched alkanes of at least 4 members (excludes halogenated alkanes) is 2. The highest BCUT2D eigenvalue weighted by Crippen LogP contribution is 2.34. The summed E-state index contributed by atoms with van der Waals surface area (Å²) in [6.45, 7) is 12.0. The van der Waals surface area contributed by atoms with Crippen LogP contribution in [0.1, 0.15) is 98.1 Å². The molecule has 3 unspecified atom stereocenters. The summed E-state index contributed by atoms with van der Waals surface area (Å²) in [6.07, 6.45) is 5.79. The molecule has 0 bridgehead atoms. The van der Waals surface area contributed by atoms with Crippen molar-refractivity contribution in [2.45, 2.75) is 110 Å². The van der Waals surface area contributed by atoms with Gasteiger partial charge in [-0.2, -0.15) is 0 Å². The Labute approximate surface area is 211 Å². The molecule has 0 aromatic heterocycles. The lowest BCUT2D eigenvalue weighted by Gasteiger charge is -2.44. The van der Waals surface area contributed by atoms with E-state index in [0.29, 0.717) is 13.0 Å². The summed E-state index contributed by atoms with van der Waals surface area (Å²) in [7, 11) is 0. The summed E-state index contributed by atoms with van der Waals surface area (Å²) < 4.78 is 5.46. The van der Waals surface area contributed by atoms with E-state index in [2.05, 4.69) is 17.6 Å². The maximum absolute atomic E-state index is 14.2. The molecule has 196 valence electrons. The molecule has 1 aromatic rings. The Bertz CT molecular complexity index is 817. The largest absolute Gasteiger partial charge is 0.444 e. The fourth-order valence-electron chi connectivity index (χ4n) is 4.22. The minimum absolute atomic E-state index is 0.0407. The first-order valence-electron chi connectivity index (χ1n) is 13.2. The van der Waals surface area contributed by atoms with Crippen LogP contribution in [0.4, 0.5) is 4.79 Å². The van der Waals surface area contributed by atoms with Gasteiger partial charge in [0.1, 0.15) is 17.7 Å². The third-order valence-electron chi connectivity index (χ3n) is 6.60. The van der Waals surface area contributed by atoms with Crippen LogP contribution >= 0.6 is 0 Å². The van der Waals surface area contributed by atoms with E-state index in [1.165, 1.54) is 0 Å². The topological polar surface area (TPSA) is 87.7 Å². The standard InChI is InChI=1S/C28H45N3O4/c1-7-9-13-19-29-25(32)24(21-15-11-10-12-16-21)31(22-17-14-18-22)26(33)23(20(3)8-2)30-27(34)35-28(4,5)6/h10-12,15-16,20,22-24H,7-9,13-14,17-19H2,1-6H3,(H,29,32)(H,30,34). The zero-order valence-corrected chi connectivity index (χ0v) is 22.4. The number of ether oxygens (including phenoxy) is 1. The van der Waals surface area contributed by atoms with E-state index in [-0.39, 0.29) is 23.8 Å². The molecular formula is C28H45N3O4. The van der Waals surface area contributed by atoms with Crippen LogP contribution in [0.2, 0.25) is 0 Å². The molecule has 1 aromatic carbocycles. The predicted octanol–water partition coefficient (Wildman–Crippen LogP) is 5.35. The van der Waals surface area contributed by atoms with Crippen molar-refractivity contribution in [3.05, 3.63) is 35.9 Å². The van der Waals surface area contributed by atoms with Crippen molar-refractivity contribution in [2.24, 2.45) is 5.92 Å². The number of benzene rings is 1. The van der Waals surface area contributed by atoms with Crippen molar-refractivity contribution in [3.63, 3.8) is 0 Å². The average molecular weight is 488 g/mol. The van der Waals surface area contributed by atoms with Gasteiger partial charge in [0.15, 0.2) is 0 Å². The van der Waals surface area contributed by atoms with Crippen LogP contribution in [0, 0.1) is 5.92 Å². The first-order chi connectivity index (χ1) is 16.6. The van der Waals surface area contributed by atoms with Crippen LogP contribution in [0.3, 0.4) is 0 Å². The molecule has 7 nitrogen and oxygen atoms in total. The smallest absolute Gasteiger partial charge is 0.408 e. The molecule has 2 N–H and O–H groups in total. The third-order valence-corrected chi connectivity index (χ3v) is 6.60. The number of nitrogens with one attached hydrogen (secondary N) is 2. The quantitative estimate of drug-likeness (QED) is 0.389. The van der Waals surface area contributed by atoms with Crippen molar-refractivity contribution in [2.75, 3.05) is 6.54 Å². The number of rotatable bonds is 12. The van der Waals surface area contributed by atoms with Gasteiger partial charge in [-0.3, -0.25) is 9.59 Å². The molecule has 1 fully saturated rings. The highest BCUT2D eigenvalue weighted by molar-refractivity contribution is 5.92. The summed E-state index contributed by atoms with van der Waals surface area (Å²) in [5.74, 6) is -0.526. The minimum atomic E-state index is -0.783. The highest BCUT2D eigenvalue weighted by Gasteiger charge is 2.43. The second-order valence-electron chi connectivity index (χ2n) is 10.7. The summed E-state index contributed by atoms with van der Waals surface area (Å²) in [5.41, 5.74) is 0.104. The van der Waals surface area contributed by atoms with E-state index in [0.717, 1.165) is 44.1 Å². The van der Waals surface area contributed by atoms with Crippen LogP contribution in [-0.4, -0.2) is 47.0 Å². The van der Waals surface area contributed by atoms with Gasteiger partial charge in [-0.1, -0.05) is 70.4 Å². The predicted molar refractivity (Wildman–Crippen MR) is 139 cm³/mol. The molecule has 7 heteroatoms. The Hall–Kier alpha value is -2.57. The SMILES string of the molecule is CCCCCNC(=O)C(c1ccccc1)N(C(=O)C(NC(=O)OC(C)(C)C)C(C)CC)C1CCC1. The summed E-state index contributed by atoms with van der Waals surface area (Å²) in [5, 5.41) is 5.89. The molecule has 2 rings (SSSR count). The number of alkyl carbamates (subject to hydrolysis) is 1. The molecule has 0 saturated heterocycles. The lowest BCUT2D eigenvalue weighted by Crippen LogP contribution is -2.59. The molecule has 1 aliphatic rings. The van der Waals surface area contributed by atoms with Crippen LogP contribution < -0.4 is 10.6 Å². The number of nitrogens with zero attached hydrogens (tertiary/aromatic N) is 1. The molecule has 0 heterocycles. The number of hydrogen-bond acceptors (Lipinski definition) is 4. The first-order valence-corrected chi connectivity index (χ1v) is 13.2. The van der Waals surface area contributed by atoms with Gasteiger partial charge in [0, 0.05) is 12.6 Å². The molecule has 0 aliphatic heterocycles. The Kier molecular flexibility index (Phi) is 11.1. The number of carbonyl (C=O) groups excluding carboxylic acids is 3. The second-order valence-corrected chi connectivity index (χ2v) is 10.7. The van der Waals surface area contributed by atoms with E-state index in [1.807, 2.05) is 44.2 Å². The Morgan fingerprint density at radius 1 is 1.09 bits per heavy atom. The summed E-state index contributed by atoms with van der Waals surface area (Å²) >= 11 is 0. The summed E-state index contributed by atoms with van der Waals surface area (Å²) in [6, 6.07) is 7.91. The lowest BCUT2D eigenvalue weighted by atomic mass is 9.86. The van der Waals surface area contributed by atoms with Crippen molar-refractivity contribution >= 4 is 17.9 Å². The minimum Gasteiger partial charge on any atom is -0.444 e. The van der Waals surface area contributed by atoms with Crippen LogP contribution in [0.15, 0.2) is 30.3 Å². The third kappa shape index (κ3) is 8.55. The molecule has 0 radical (unpaired) electrons. The molecule has 3 atom stereocenters. The van der Waals surface area contributed by atoms with E-state index in [9.17, 15) is 14.4 Å². The van der Waals surface area contributed by atoms with Gasteiger partial charge in [-0.05, 0) is 57.9 Å². The fourth-order valence-corrected chi connectivity index (χ4v) is 4.22. The Morgan fingerprint density at radius 2 is 1.74 bits per heavy atom. The Morgan fingerprint density at radius 3 is 2.26 bits per heavy atom. The lowest BCUT2D eigenvalue weighted by molar-refractivity contribution is -0.148. The number of carbonyl (C=O) groups is 3. The van der Waals surface area contributed by atoms with E-state index < -0.39 is 23.8 Å². The summed E-state index contributed by atoms with van der Waals surface area (Å²) in [4.78, 5) is 42.1. The molecular weight excluding hydrogens is 442 g/mol. The monoisotopic (exact) mass is 487 g/mol. The second kappa shape index (κ2) is 13.5. The van der Waals surface area contributed by atoms with Crippen molar-refractivity contribution in [1.29, 1.82) is 0 Å². The molecule has 3 amide bonds. The van der Waals surface area contributed by atoms with Crippen molar-refractivity contribution in [3.8, 4) is 0 Å². The van der Waals surface area contributed by atoms with Gasteiger partial charge in [0.05, 0.1) is 0 Å². The molecule has 35 heavy (non-hydrogen) atoms. The Balaban J connectivity index is 2.39. The number of hydrogen-bond donors (Lipinski definition) is 2. The molecule has 1 saturated carbocycles. The zero-order valence-electron chi connectivity index (χ0n) is 22.4. The van der Waals surface area contributed by atoms with Gasteiger partial charge in [0.2, 0.25) is 11.8 Å². The van der Waals surface area contributed by atoms with Crippen LogP contribution in [-0.2, 0) is 14.3 Å². The van der Waals surface area contributed by atoms with Crippen molar-refractivity contribution in [1.82, 2.24) is 15.5 Å². The molecule has 1 aliphatic carbocycles. The van der Waals surface area contributed by atoms with Crippen LogP contribution in [0.25, 0.3) is 0 Å². The van der Waals surface area contributed by atoms with Gasteiger partial charge < -0.3 is 20.3 Å². The fraction of sp³-hybridized carbons (Fsp3) is 0.679. The van der Waals surface area contributed by atoms with E-state index in [1.54, 1.807) is 25.7 Å². The molecule has 0 spiro atoms. The first kappa shape index (κ1) is 28.7. The van der Waals surface area contributed by atoms with Gasteiger partial charge in [0.25, 0.3) is 0 Å². The zero-order chi connectivity index (χ0) is 26.0. The van der Waals surface area contributed by atoms with Gasteiger partial charge in [-0.25, -0.2) is 4.79 Å². The van der Waals surface area contributed by atoms with Gasteiger partial charge >= 0.3 is 6.09 Å². The highest BCUT2D eigenvalue weighted by atomic mass is 16.6. The average Bonchev–Trinajstić information content (AvgIpc) is 2.77. The van der Waals surface area contributed by atoms with Crippen molar-refractivity contribution < 1.29 is 19.1 Å². The van der Waals surface area contributed by atoms with E-state index >= 15 is 0 Å². The normalized spacial score (nSPS) is 16.4. The van der Waals surface area contributed by atoms with Crippen LogP contribution in [0.5, 0.6) is 0 Å². The number of amides is 3. The maximum atomic E-state index is 14.2. The maximum Gasteiger partial charge on any atom is 0.408 e. The van der Waals surface area contributed by atoms with E-state index in [4.69, 9.17) is 4.74 Å². The van der Waals surface area contributed by atoms with Gasteiger partial charge in [-0.15, -0.1) is 0 Å².